The van der Waals surface area contributed by atoms with Crippen molar-refractivity contribution in [1.29, 1.82) is 5.26 Å². The van der Waals surface area contributed by atoms with Gasteiger partial charge in [-0.05, 0) is 23.8 Å². The number of rotatable bonds is 5. The van der Waals surface area contributed by atoms with Crippen molar-refractivity contribution in [1.82, 2.24) is 15.3 Å². The van der Waals surface area contributed by atoms with Gasteiger partial charge in [0, 0.05) is 25.1 Å². The first-order valence-electron chi connectivity index (χ1n) is 5.92. The lowest BCUT2D eigenvalue weighted by atomic mass is 10.3. The molecule has 0 aliphatic heterocycles. The van der Waals surface area contributed by atoms with Gasteiger partial charge in [-0.2, -0.15) is 5.26 Å². The summed E-state index contributed by atoms with van der Waals surface area (Å²) in [5.41, 5.74) is 1.49. The quantitative estimate of drug-likeness (QED) is 0.846. The van der Waals surface area contributed by atoms with Gasteiger partial charge in [0.1, 0.15) is 0 Å². The summed E-state index contributed by atoms with van der Waals surface area (Å²) < 4.78 is 0. The third-order valence-electron chi connectivity index (χ3n) is 2.43. The maximum absolute atomic E-state index is 11.7. The van der Waals surface area contributed by atoms with Gasteiger partial charge in [0.2, 0.25) is 5.91 Å². The zero-order chi connectivity index (χ0) is 14.2. The summed E-state index contributed by atoms with van der Waals surface area (Å²) in [5, 5.41) is 12.2. The SMILES string of the molecule is N#Cc1ccnc(SCC(=O)NCc2cccnc2)c1. The molecule has 2 rings (SSSR count). The van der Waals surface area contributed by atoms with E-state index >= 15 is 0 Å². The monoisotopic (exact) mass is 284 g/mol. The van der Waals surface area contributed by atoms with Crippen LogP contribution in [0.4, 0.5) is 0 Å². The molecule has 0 radical (unpaired) electrons. The molecule has 20 heavy (non-hydrogen) atoms. The lowest BCUT2D eigenvalue weighted by Gasteiger charge is -2.04. The van der Waals surface area contributed by atoms with Gasteiger partial charge < -0.3 is 5.32 Å². The van der Waals surface area contributed by atoms with Gasteiger partial charge >= 0.3 is 0 Å². The molecule has 5 nitrogen and oxygen atoms in total. The zero-order valence-electron chi connectivity index (χ0n) is 10.6. The summed E-state index contributed by atoms with van der Waals surface area (Å²) in [6, 6.07) is 9.07. The van der Waals surface area contributed by atoms with Crippen LogP contribution in [0.5, 0.6) is 0 Å². The first-order chi connectivity index (χ1) is 9.78. The van der Waals surface area contributed by atoms with Gasteiger partial charge in [0.25, 0.3) is 0 Å². The number of nitrogens with zero attached hydrogens (tertiary/aromatic N) is 3. The summed E-state index contributed by atoms with van der Waals surface area (Å²) in [4.78, 5) is 19.8. The Kier molecular flexibility index (Phi) is 5.09. The number of carbonyl (C=O) groups excluding carboxylic acids is 1. The minimum atomic E-state index is -0.0805. The summed E-state index contributed by atoms with van der Waals surface area (Å²) in [6.07, 6.45) is 4.97. The number of aromatic nitrogens is 2. The van der Waals surface area contributed by atoms with Crippen LogP contribution in [0.2, 0.25) is 0 Å². The van der Waals surface area contributed by atoms with Crippen LogP contribution in [0.25, 0.3) is 0 Å². The Balaban J connectivity index is 1.79. The molecule has 2 heterocycles. The Labute approximate surface area is 121 Å². The molecule has 0 fully saturated rings. The van der Waals surface area contributed by atoms with Crippen LogP contribution in [-0.4, -0.2) is 21.6 Å². The number of nitriles is 1. The average Bonchev–Trinajstić information content (AvgIpc) is 2.52. The van der Waals surface area contributed by atoms with Crippen molar-refractivity contribution in [3.8, 4) is 6.07 Å². The molecule has 100 valence electrons. The molecule has 2 aromatic rings. The normalized spacial score (nSPS) is 9.75. The number of carbonyl (C=O) groups is 1. The van der Waals surface area contributed by atoms with E-state index in [9.17, 15) is 4.79 Å². The Morgan fingerprint density at radius 1 is 1.40 bits per heavy atom. The first-order valence-corrected chi connectivity index (χ1v) is 6.91. The number of amides is 1. The van der Waals surface area contributed by atoms with Crippen molar-refractivity contribution in [2.45, 2.75) is 11.6 Å². The minimum absolute atomic E-state index is 0.0805. The van der Waals surface area contributed by atoms with E-state index in [-0.39, 0.29) is 11.7 Å². The number of pyridine rings is 2. The molecule has 0 aliphatic rings. The lowest BCUT2D eigenvalue weighted by molar-refractivity contribution is -0.118. The molecule has 0 saturated carbocycles. The van der Waals surface area contributed by atoms with Crippen molar-refractivity contribution >= 4 is 17.7 Å². The van der Waals surface area contributed by atoms with Crippen LogP contribution >= 0.6 is 11.8 Å². The predicted molar refractivity (Wildman–Crippen MR) is 75.8 cm³/mol. The Morgan fingerprint density at radius 2 is 2.30 bits per heavy atom. The van der Waals surface area contributed by atoms with E-state index in [1.165, 1.54) is 11.8 Å². The molecule has 0 unspecified atom stereocenters. The van der Waals surface area contributed by atoms with Crippen LogP contribution < -0.4 is 5.32 Å². The van der Waals surface area contributed by atoms with E-state index in [1.807, 2.05) is 18.2 Å². The van der Waals surface area contributed by atoms with Crippen LogP contribution in [-0.2, 0) is 11.3 Å². The van der Waals surface area contributed by atoms with E-state index in [2.05, 4.69) is 15.3 Å². The number of nitrogens with one attached hydrogen (secondary N) is 1. The second-order valence-electron chi connectivity index (χ2n) is 3.92. The molecule has 2 aromatic heterocycles. The van der Waals surface area contributed by atoms with Gasteiger partial charge in [-0.25, -0.2) is 4.98 Å². The summed E-state index contributed by atoms with van der Waals surface area (Å²) >= 11 is 1.30. The second kappa shape index (κ2) is 7.26. The summed E-state index contributed by atoms with van der Waals surface area (Å²) in [5.74, 6) is 0.185. The molecule has 1 N–H and O–H groups in total. The fraction of sp³-hybridized carbons (Fsp3) is 0.143. The van der Waals surface area contributed by atoms with Gasteiger partial charge in [-0.3, -0.25) is 9.78 Å². The molecule has 0 saturated heterocycles. The van der Waals surface area contributed by atoms with E-state index in [1.54, 1.807) is 30.7 Å². The molecule has 1 amide bonds. The second-order valence-corrected chi connectivity index (χ2v) is 4.92. The molecular formula is C14H12N4OS. The fourth-order valence-corrected chi connectivity index (χ4v) is 2.18. The predicted octanol–water partition coefficient (Wildman–Crippen LogP) is 1.76. The maximum Gasteiger partial charge on any atom is 0.230 e. The van der Waals surface area contributed by atoms with Crippen molar-refractivity contribution in [2.24, 2.45) is 0 Å². The lowest BCUT2D eigenvalue weighted by Crippen LogP contribution is -2.24. The number of hydrogen-bond acceptors (Lipinski definition) is 5. The molecule has 0 bridgehead atoms. The largest absolute Gasteiger partial charge is 0.351 e. The summed E-state index contributed by atoms with van der Waals surface area (Å²) in [7, 11) is 0. The molecule has 0 spiro atoms. The minimum Gasteiger partial charge on any atom is -0.351 e. The van der Waals surface area contributed by atoms with Crippen LogP contribution in [0.15, 0.2) is 47.9 Å². The van der Waals surface area contributed by atoms with E-state index < -0.39 is 0 Å². The van der Waals surface area contributed by atoms with Gasteiger partial charge in [0.15, 0.2) is 0 Å². The van der Waals surface area contributed by atoms with Crippen LogP contribution in [0.3, 0.4) is 0 Å². The topological polar surface area (TPSA) is 78.7 Å². The molecule has 0 atom stereocenters. The first kappa shape index (κ1) is 14.0. The molecular weight excluding hydrogens is 272 g/mol. The maximum atomic E-state index is 11.7. The van der Waals surface area contributed by atoms with Crippen LogP contribution in [0.1, 0.15) is 11.1 Å². The number of hydrogen-bond donors (Lipinski definition) is 1. The molecule has 6 heteroatoms. The van der Waals surface area contributed by atoms with E-state index in [0.29, 0.717) is 17.1 Å². The number of thioether (sulfide) groups is 1. The highest BCUT2D eigenvalue weighted by Crippen LogP contribution is 2.15. The van der Waals surface area contributed by atoms with Crippen molar-refractivity contribution in [3.05, 3.63) is 54.0 Å². The van der Waals surface area contributed by atoms with Crippen molar-refractivity contribution in [3.63, 3.8) is 0 Å². The van der Waals surface area contributed by atoms with Gasteiger partial charge in [0.05, 0.1) is 22.4 Å². The Morgan fingerprint density at radius 3 is 3.05 bits per heavy atom. The van der Waals surface area contributed by atoms with Crippen LogP contribution in [0, 0.1) is 11.3 Å². The zero-order valence-corrected chi connectivity index (χ0v) is 11.4. The average molecular weight is 284 g/mol. The Hall–Kier alpha value is -2.39. The highest BCUT2D eigenvalue weighted by Gasteiger charge is 2.04. The van der Waals surface area contributed by atoms with Gasteiger partial charge in [-0.15, -0.1) is 0 Å². The third kappa shape index (κ3) is 4.37. The summed E-state index contributed by atoms with van der Waals surface area (Å²) in [6.45, 7) is 0.457. The smallest absolute Gasteiger partial charge is 0.230 e. The van der Waals surface area contributed by atoms with E-state index in [0.717, 1.165) is 5.56 Å². The van der Waals surface area contributed by atoms with Crippen molar-refractivity contribution < 1.29 is 4.79 Å². The fourth-order valence-electron chi connectivity index (χ4n) is 1.45. The Bertz CT molecular complexity index is 625. The standard InChI is InChI=1S/C14H12N4OS/c15-7-11-3-5-17-14(6-11)20-10-13(19)18-9-12-2-1-4-16-8-12/h1-6,8H,9-10H2,(H,18,19). The highest BCUT2D eigenvalue weighted by molar-refractivity contribution is 7.99. The van der Waals surface area contributed by atoms with Gasteiger partial charge in [-0.1, -0.05) is 17.8 Å². The highest BCUT2D eigenvalue weighted by atomic mass is 32.2. The molecule has 0 aliphatic carbocycles. The van der Waals surface area contributed by atoms with E-state index in [4.69, 9.17) is 5.26 Å². The van der Waals surface area contributed by atoms with Crippen molar-refractivity contribution in [2.75, 3.05) is 5.75 Å². The third-order valence-corrected chi connectivity index (χ3v) is 3.35. The molecule has 0 aromatic carbocycles.